The highest BCUT2D eigenvalue weighted by atomic mass is 19.4. The summed E-state index contributed by atoms with van der Waals surface area (Å²) >= 11 is 0. The van der Waals surface area contributed by atoms with E-state index in [2.05, 4.69) is 25.2 Å². The Hall–Kier alpha value is -3.13. The Balaban J connectivity index is 1.59. The van der Waals surface area contributed by atoms with Crippen LogP contribution in [0.4, 0.5) is 19.0 Å². The first kappa shape index (κ1) is 27.4. The van der Waals surface area contributed by atoms with Crippen LogP contribution in [0, 0.1) is 0 Å². The van der Waals surface area contributed by atoms with Gasteiger partial charge < -0.3 is 19.3 Å². The molecule has 0 bridgehead atoms. The van der Waals surface area contributed by atoms with Crippen molar-refractivity contribution in [3.05, 3.63) is 46.4 Å². The van der Waals surface area contributed by atoms with Gasteiger partial charge in [-0.25, -0.2) is 15.0 Å². The molecule has 1 N–H and O–H groups in total. The van der Waals surface area contributed by atoms with E-state index in [1.165, 1.54) is 0 Å². The molecule has 0 atom stereocenters. The van der Waals surface area contributed by atoms with Gasteiger partial charge in [-0.1, -0.05) is 30.3 Å². The van der Waals surface area contributed by atoms with Crippen molar-refractivity contribution in [3.8, 4) is 11.4 Å². The molecule has 0 radical (unpaired) electrons. The fourth-order valence-corrected chi connectivity index (χ4v) is 4.86. The van der Waals surface area contributed by atoms with Crippen molar-refractivity contribution >= 4 is 17.0 Å². The molecule has 0 aliphatic carbocycles. The highest BCUT2D eigenvalue weighted by Gasteiger charge is 2.38. The zero-order valence-electron chi connectivity index (χ0n) is 21.9. The summed E-state index contributed by atoms with van der Waals surface area (Å²) in [5, 5.41) is 3.18. The van der Waals surface area contributed by atoms with E-state index in [0.717, 1.165) is 17.7 Å². The second kappa shape index (κ2) is 11.5. The number of rotatable bonds is 8. The van der Waals surface area contributed by atoms with Crippen molar-refractivity contribution in [1.29, 1.82) is 0 Å². The Labute approximate surface area is 224 Å². The predicted molar refractivity (Wildman–Crippen MR) is 139 cm³/mol. The minimum absolute atomic E-state index is 0.0515. The number of fused-ring (bicyclic) bond motifs is 1. The van der Waals surface area contributed by atoms with Crippen LogP contribution in [0.2, 0.25) is 0 Å². The van der Waals surface area contributed by atoms with Gasteiger partial charge in [0.2, 0.25) is 5.69 Å². The second-order valence-electron chi connectivity index (χ2n) is 10.1. The summed E-state index contributed by atoms with van der Waals surface area (Å²) in [5.41, 5.74) is -1.98. The SMILES string of the molecule is C[N+]1(CCn2c(=O)c(C(F)(F)F)nc3c(NCCN4CCOCC4)nc(-c4ccccc4)nc32)CCOCC1. The van der Waals surface area contributed by atoms with Crippen LogP contribution in [-0.2, 0) is 22.2 Å². The molecule has 2 aromatic heterocycles. The highest BCUT2D eigenvalue weighted by molar-refractivity contribution is 5.85. The molecule has 1 aromatic carbocycles. The topological polar surface area (TPSA) is 94.4 Å². The lowest BCUT2D eigenvalue weighted by Gasteiger charge is -2.37. The normalized spacial score (nSPS) is 18.4. The van der Waals surface area contributed by atoms with Crippen LogP contribution in [-0.4, -0.2) is 108 Å². The van der Waals surface area contributed by atoms with Crippen LogP contribution in [0.1, 0.15) is 5.69 Å². The standard InChI is InChI=1S/C26H32F3N7O3/c1-36(13-17-39-18-14-36)12-9-35-24-20(31-21(25(35)37)26(27,28)29)23(30-7-8-34-10-15-38-16-11-34)32-22(33-24)19-5-3-2-4-6-19/h2-6H,7-18H2,1H3/p+1. The third-order valence-electron chi connectivity index (χ3n) is 7.33. The number of hydrogen-bond acceptors (Lipinski definition) is 8. The summed E-state index contributed by atoms with van der Waals surface area (Å²) in [5.74, 6) is 0.469. The number of alkyl halides is 3. The van der Waals surface area contributed by atoms with Crippen LogP contribution >= 0.6 is 0 Å². The van der Waals surface area contributed by atoms with Crippen molar-refractivity contribution in [2.75, 3.05) is 84.6 Å². The summed E-state index contributed by atoms with van der Waals surface area (Å²) in [7, 11) is 2.02. The van der Waals surface area contributed by atoms with E-state index >= 15 is 0 Å². The molecule has 13 heteroatoms. The van der Waals surface area contributed by atoms with Crippen molar-refractivity contribution in [3.63, 3.8) is 0 Å². The molecule has 39 heavy (non-hydrogen) atoms. The monoisotopic (exact) mass is 548 g/mol. The van der Waals surface area contributed by atoms with Crippen LogP contribution in [0.5, 0.6) is 0 Å². The van der Waals surface area contributed by atoms with Gasteiger partial charge in [-0.3, -0.25) is 14.3 Å². The highest BCUT2D eigenvalue weighted by Crippen LogP contribution is 2.29. The number of likely N-dealkylation sites (N-methyl/N-ethyl adjacent to an activating group) is 1. The van der Waals surface area contributed by atoms with Gasteiger partial charge in [0.25, 0.3) is 5.56 Å². The molecule has 2 fully saturated rings. The second-order valence-corrected chi connectivity index (χ2v) is 10.1. The number of benzene rings is 1. The fraction of sp³-hybridized carbons (Fsp3) is 0.538. The van der Waals surface area contributed by atoms with Crippen LogP contribution in [0.25, 0.3) is 22.6 Å². The zero-order chi connectivity index (χ0) is 27.5. The molecular formula is C26H33F3N7O3+. The van der Waals surface area contributed by atoms with E-state index in [9.17, 15) is 18.0 Å². The maximum absolute atomic E-state index is 14.0. The summed E-state index contributed by atoms with van der Waals surface area (Å²) < 4.78 is 54.6. The number of halogens is 3. The molecule has 2 aliphatic heterocycles. The smallest absolute Gasteiger partial charge is 0.379 e. The largest absolute Gasteiger partial charge is 0.438 e. The van der Waals surface area contributed by atoms with Crippen LogP contribution in [0.15, 0.2) is 35.1 Å². The van der Waals surface area contributed by atoms with Gasteiger partial charge in [0, 0.05) is 31.7 Å². The molecule has 210 valence electrons. The van der Waals surface area contributed by atoms with Crippen molar-refractivity contribution in [2.45, 2.75) is 12.7 Å². The number of hydrogen-bond donors (Lipinski definition) is 1. The molecule has 10 nitrogen and oxygen atoms in total. The maximum Gasteiger partial charge on any atom is 0.438 e. The van der Waals surface area contributed by atoms with E-state index in [0.29, 0.717) is 75.0 Å². The third-order valence-corrected chi connectivity index (χ3v) is 7.33. The van der Waals surface area contributed by atoms with Gasteiger partial charge in [0.05, 0.1) is 46.6 Å². The molecule has 0 saturated carbocycles. The third kappa shape index (κ3) is 6.38. The van der Waals surface area contributed by atoms with E-state index in [1.807, 2.05) is 37.4 Å². The number of aromatic nitrogens is 4. The minimum Gasteiger partial charge on any atom is -0.379 e. The number of quaternary nitrogens is 1. The first-order valence-electron chi connectivity index (χ1n) is 13.1. The molecule has 2 saturated heterocycles. The first-order valence-corrected chi connectivity index (χ1v) is 13.1. The Bertz CT molecular complexity index is 1340. The van der Waals surface area contributed by atoms with Crippen LogP contribution < -0.4 is 10.9 Å². The van der Waals surface area contributed by atoms with Crippen LogP contribution in [0.3, 0.4) is 0 Å². The van der Waals surface area contributed by atoms with E-state index < -0.39 is 17.4 Å². The van der Waals surface area contributed by atoms with E-state index in [-0.39, 0.29) is 23.5 Å². The van der Waals surface area contributed by atoms with E-state index in [4.69, 9.17) is 9.47 Å². The van der Waals surface area contributed by atoms with Gasteiger partial charge in [-0.05, 0) is 0 Å². The Morgan fingerprint density at radius 1 is 0.974 bits per heavy atom. The van der Waals surface area contributed by atoms with Gasteiger partial charge in [-0.2, -0.15) is 13.2 Å². The molecule has 5 rings (SSSR count). The van der Waals surface area contributed by atoms with Gasteiger partial charge in [0.15, 0.2) is 17.3 Å². The Morgan fingerprint density at radius 3 is 2.36 bits per heavy atom. The summed E-state index contributed by atoms with van der Waals surface area (Å²) in [4.78, 5) is 28.4. The lowest BCUT2D eigenvalue weighted by Crippen LogP contribution is -2.53. The molecule has 3 aromatic rings. The molecule has 4 heterocycles. The zero-order valence-corrected chi connectivity index (χ0v) is 21.9. The molecule has 0 amide bonds. The Kier molecular flexibility index (Phi) is 8.12. The lowest BCUT2D eigenvalue weighted by atomic mass is 10.2. The summed E-state index contributed by atoms with van der Waals surface area (Å²) in [6.07, 6.45) is -4.92. The number of nitrogens with one attached hydrogen (secondary N) is 1. The average molecular weight is 549 g/mol. The predicted octanol–water partition coefficient (Wildman–Crippen LogP) is 2.09. The molecule has 2 aliphatic rings. The number of ether oxygens (including phenoxy) is 2. The lowest BCUT2D eigenvalue weighted by molar-refractivity contribution is -0.917. The number of morpholine rings is 2. The van der Waals surface area contributed by atoms with Crippen molar-refractivity contribution < 1.29 is 27.1 Å². The fourth-order valence-electron chi connectivity index (χ4n) is 4.86. The van der Waals surface area contributed by atoms with Gasteiger partial charge in [0.1, 0.15) is 18.6 Å². The van der Waals surface area contributed by atoms with E-state index in [1.54, 1.807) is 0 Å². The quantitative estimate of drug-likeness (QED) is 0.428. The maximum atomic E-state index is 14.0. The number of anilines is 1. The van der Waals surface area contributed by atoms with Crippen molar-refractivity contribution in [1.82, 2.24) is 24.4 Å². The number of nitrogens with zero attached hydrogens (tertiary/aromatic N) is 6. The Morgan fingerprint density at radius 2 is 1.67 bits per heavy atom. The van der Waals surface area contributed by atoms with Crippen molar-refractivity contribution in [2.24, 2.45) is 0 Å². The van der Waals surface area contributed by atoms with Gasteiger partial charge >= 0.3 is 6.18 Å². The molecular weight excluding hydrogens is 515 g/mol. The van der Waals surface area contributed by atoms with Gasteiger partial charge in [-0.15, -0.1) is 0 Å². The first-order chi connectivity index (χ1) is 18.7. The average Bonchev–Trinajstić information content (AvgIpc) is 2.93. The minimum atomic E-state index is -4.92. The molecule has 0 unspecified atom stereocenters. The molecule has 0 spiro atoms. The summed E-state index contributed by atoms with van der Waals surface area (Å²) in [6, 6.07) is 9.15. The summed E-state index contributed by atoms with van der Waals surface area (Å²) in [6.45, 7) is 6.96.